The monoisotopic (exact) mass is 274 g/mol. The van der Waals surface area contributed by atoms with E-state index in [2.05, 4.69) is 37.2 Å². The van der Waals surface area contributed by atoms with Crippen LogP contribution >= 0.6 is 11.8 Å². The fraction of sp³-hybridized carbons (Fsp3) is 1.00. The minimum absolute atomic E-state index is 0.368. The third-order valence-electron chi connectivity index (χ3n) is 4.21. The molecule has 0 spiro atoms. The molecule has 1 aliphatic heterocycles. The molecule has 0 amide bonds. The molecule has 1 heterocycles. The number of morpholine rings is 1. The van der Waals surface area contributed by atoms with Gasteiger partial charge in [0.05, 0.1) is 12.7 Å². The lowest BCUT2D eigenvalue weighted by molar-refractivity contribution is -0.0253. The maximum Gasteiger partial charge on any atom is 0.0826 e. The predicted molar refractivity (Wildman–Crippen MR) is 81.6 cm³/mol. The Hall–Kier alpha value is 0.230. The van der Waals surface area contributed by atoms with E-state index in [-0.39, 0.29) is 0 Å². The van der Waals surface area contributed by atoms with Gasteiger partial charge in [0.25, 0.3) is 0 Å². The molecule has 1 N–H and O–H groups in total. The number of likely N-dealkylation sites (N-methyl/N-ethyl adjacent to an activating group) is 1. The topological polar surface area (TPSA) is 24.5 Å². The zero-order chi connectivity index (χ0) is 13.4. The largest absolute Gasteiger partial charge is 0.374 e. The lowest BCUT2D eigenvalue weighted by Crippen LogP contribution is -2.48. The van der Waals surface area contributed by atoms with Crippen molar-refractivity contribution in [3.63, 3.8) is 0 Å². The number of ether oxygens (including phenoxy) is 1. The van der Waals surface area contributed by atoms with E-state index in [1.165, 1.54) is 12.8 Å². The van der Waals surface area contributed by atoms with Crippen LogP contribution < -0.4 is 5.32 Å². The van der Waals surface area contributed by atoms with E-state index in [4.69, 9.17) is 4.74 Å². The second-order valence-corrected chi connectivity index (χ2v) is 6.39. The van der Waals surface area contributed by atoms with Gasteiger partial charge in [-0.2, -0.15) is 11.8 Å². The van der Waals surface area contributed by atoms with Crippen molar-refractivity contribution in [2.45, 2.75) is 44.5 Å². The highest BCUT2D eigenvalue weighted by Crippen LogP contribution is 2.29. The van der Waals surface area contributed by atoms with Gasteiger partial charge in [-0.1, -0.05) is 20.8 Å². The minimum Gasteiger partial charge on any atom is -0.374 e. The van der Waals surface area contributed by atoms with Crippen molar-refractivity contribution in [3.05, 3.63) is 0 Å². The second-order valence-electron chi connectivity index (χ2n) is 5.11. The number of thioether (sulfide) groups is 1. The molecule has 0 aliphatic carbocycles. The molecule has 0 aromatic heterocycles. The average Bonchev–Trinajstić information content (AvgIpc) is 2.44. The molecule has 18 heavy (non-hydrogen) atoms. The van der Waals surface area contributed by atoms with Gasteiger partial charge in [-0.15, -0.1) is 0 Å². The van der Waals surface area contributed by atoms with Crippen LogP contribution in [0, 0.1) is 0 Å². The molecule has 3 nitrogen and oxygen atoms in total. The first-order valence-electron chi connectivity index (χ1n) is 7.29. The van der Waals surface area contributed by atoms with Gasteiger partial charge in [0.2, 0.25) is 0 Å². The SMILES string of the molecule is CCN1CCOC(CNCC(CC)(CC)SC)C1. The Bertz CT molecular complexity index is 214. The van der Waals surface area contributed by atoms with Crippen LogP contribution in [0.5, 0.6) is 0 Å². The Morgan fingerprint density at radius 2 is 2.06 bits per heavy atom. The molecule has 1 aliphatic rings. The molecule has 1 rings (SSSR count). The summed E-state index contributed by atoms with van der Waals surface area (Å²) in [5.74, 6) is 0. The first kappa shape index (κ1) is 16.3. The number of nitrogens with one attached hydrogen (secondary N) is 1. The van der Waals surface area contributed by atoms with Crippen molar-refractivity contribution < 1.29 is 4.74 Å². The zero-order valence-electron chi connectivity index (χ0n) is 12.5. The highest BCUT2D eigenvalue weighted by molar-refractivity contribution is 8.00. The minimum atomic E-state index is 0.368. The van der Waals surface area contributed by atoms with Gasteiger partial charge in [-0.25, -0.2) is 0 Å². The van der Waals surface area contributed by atoms with E-state index in [0.29, 0.717) is 10.9 Å². The average molecular weight is 274 g/mol. The maximum atomic E-state index is 5.81. The van der Waals surface area contributed by atoms with Gasteiger partial charge in [0.15, 0.2) is 0 Å². The Morgan fingerprint density at radius 1 is 1.33 bits per heavy atom. The van der Waals surface area contributed by atoms with Gasteiger partial charge in [0, 0.05) is 30.9 Å². The summed E-state index contributed by atoms with van der Waals surface area (Å²) in [6, 6.07) is 0. The summed E-state index contributed by atoms with van der Waals surface area (Å²) in [6.07, 6.45) is 5.05. The molecule has 108 valence electrons. The van der Waals surface area contributed by atoms with Crippen LogP contribution in [-0.4, -0.2) is 61.3 Å². The molecule has 1 saturated heterocycles. The van der Waals surface area contributed by atoms with Crippen LogP contribution in [0.2, 0.25) is 0 Å². The molecule has 0 bridgehead atoms. The van der Waals surface area contributed by atoms with Crippen LogP contribution in [0.15, 0.2) is 0 Å². The molecular formula is C14H30N2OS. The molecule has 1 unspecified atom stereocenters. The summed E-state index contributed by atoms with van der Waals surface area (Å²) in [6.45, 7) is 13.1. The summed E-state index contributed by atoms with van der Waals surface area (Å²) in [5, 5.41) is 3.62. The molecule has 4 heteroatoms. The van der Waals surface area contributed by atoms with Gasteiger partial charge in [-0.3, -0.25) is 4.90 Å². The fourth-order valence-electron chi connectivity index (χ4n) is 2.51. The lowest BCUT2D eigenvalue weighted by Gasteiger charge is -2.34. The van der Waals surface area contributed by atoms with E-state index < -0.39 is 0 Å². The van der Waals surface area contributed by atoms with Crippen LogP contribution in [0.3, 0.4) is 0 Å². The highest BCUT2D eigenvalue weighted by Gasteiger charge is 2.25. The maximum absolute atomic E-state index is 5.81. The Kier molecular flexibility index (Phi) is 7.61. The Morgan fingerprint density at radius 3 is 2.61 bits per heavy atom. The van der Waals surface area contributed by atoms with Crippen LogP contribution in [0.1, 0.15) is 33.6 Å². The molecule has 0 aromatic carbocycles. The summed E-state index contributed by atoms with van der Waals surface area (Å²) in [5.41, 5.74) is 0. The van der Waals surface area contributed by atoms with E-state index in [0.717, 1.165) is 39.3 Å². The van der Waals surface area contributed by atoms with Crippen LogP contribution in [0.25, 0.3) is 0 Å². The van der Waals surface area contributed by atoms with E-state index in [9.17, 15) is 0 Å². The molecule has 0 radical (unpaired) electrons. The number of nitrogens with zero attached hydrogens (tertiary/aromatic N) is 1. The Labute approximate surface area is 117 Å². The number of hydrogen-bond donors (Lipinski definition) is 1. The normalized spacial score (nSPS) is 22.3. The van der Waals surface area contributed by atoms with Crippen LogP contribution in [-0.2, 0) is 4.74 Å². The fourth-order valence-corrected chi connectivity index (χ4v) is 3.34. The van der Waals surface area contributed by atoms with Gasteiger partial charge < -0.3 is 10.1 Å². The van der Waals surface area contributed by atoms with Gasteiger partial charge in [0.1, 0.15) is 0 Å². The third-order valence-corrected chi connectivity index (χ3v) is 5.80. The van der Waals surface area contributed by atoms with Crippen molar-refractivity contribution >= 4 is 11.8 Å². The first-order chi connectivity index (χ1) is 8.69. The summed E-state index contributed by atoms with van der Waals surface area (Å²) in [7, 11) is 0. The highest BCUT2D eigenvalue weighted by atomic mass is 32.2. The zero-order valence-corrected chi connectivity index (χ0v) is 13.3. The summed E-state index contributed by atoms with van der Waals surface area (Å²) in [4.78, 5) is 2.47. The lowest BCUT2D eigenvalue weighted by atomic mass is 10.0. The van der Waals surface area contributed by atoms with Gasteiger partial charge in [-0.05, 0) is 25.6 Å². The molecule has 1 atom stereocenters. The van der Waals surface area contributed by atoms with Crippen molar-refractivity contribution in [3.8, 4) is 0 Å². The third kappa shape index (κ3) is 4.72. The van der Waals surface area contributed by atoms with Crippen molar-refractivity contribution in [1.82, 2.24) is 10.2 Å². The molecule has 0 saturated carbocycles. The molecule has 0 aromatic rings. The molecule has 1 fully saturated rings. The molecular weight excluding hydrogens is 244 g/mol. The smallest absolute Gasteiger partial charge is 0.0826 e. The summed E-state index contributed by atoms with van der Waals surface area (Å²) < 4.78 is 6.22. The quantitative estimate of drug-likeness (QED) is 0.733. The van der Waals surface area contributed by atoms with Gasteiger partial charge >= 0.3 is 0 Å². The first-order valence-corrected chi connectivity index (χ1v) is 8.52. The van der Waals surface area contributed by atoms with Crippen molar-refractivity contribution in [2.75, 3.05) is 45.6 Å². The number of hydrogen-bond acceptors (Lipinski definition) is 4. The summed E-state index contributed by atoms with van der Waals surface area (Å²) >= 11 is 2.00. The van der Waals surface area contributed by atoms with E-state index in [1.54, 1.807) is 0 Å². The van der Waals surface area contributed by atoms with Crippen molar-refractivity contribution in [2.24, 2.45) is 0 Å². The Balaban J connectivity index is 2.28. The van der Waals surface area contributed by atoms with Crippen molar-refractivity contribution in [1.29, 1.82) is 0 Å². The second kappa shape index (κ2) is 8.41. The standard InChI is InChI=1S/C14H30N2OS/c1-5-14(6-2,18-4)12-15-10-13-11-16(7-3)8-9-17-13/h13,15H,5-12H2,1-4H3. The van der Waals surface area contributed by atoms with E-state index >= 15 is 0 Å². The predicted octanol–water partition coefficient (Wildman–Crippen LogP) is 2.22. The van der Waals surface area contributed by atoms with Crippen LogP contribution in [0.4, 0.5) is 0 Å². The number of rotatable bonds is 8. The van der Waals surface area contributed by atoms with E-state index in [1.807, 2.05) is 11.8 Å².